The minimum atomic E-state index is -0.995. The van der Waals surface area contributed by atoms with Crippen molar-refractivity contribution in [2.75, 3.05) is 11.4 Å². The van der Waals surface area contributed by atoms with E-state index in [4.69, 9.17) is 16.7 Å². The minimum absolute atomic E-state index is 0.162. The molecule has 1 aliphatic carbocycles. The number of carboxylic acids is 1. The Morgan fingerprint density at radius 2 is 2.35 bits per heavy atom. The van der Waals surface area contributed by atoms with Crippen LogP contribution < -0.4 is 4.90 Å². The molecule has 0 aromatic carbocycles. The highest BCUT2D eigenvalue weighted by molar-refractivity contribution is 6.29. The molecule has 1 aliphatic rings. The largest absolute Gasteiger partial charge is 0.478 e. The third kappa shape index (κ3) is 2.77. The summed E-state index contributed by atoms with van der Waals surface area (Å²) in [6, 6.07) is 3.34. The van der Waals surface area contributed by atoms with Crippen LogP contribution in [0.1, 0.15) is 23.2 Å². The van der Waals surface area contributed by atoms with E-state index in [1.165, 1.54) is 6.07 Å². The van der Waals surface area contributed by atoms with Crippen molar-refractivity contribution >= 4 is 23.4 Å². The average molecular weight is 253 g/mol. The van der Waals surface area contributed by atoms with Crippen molar-refractivity contribution in [3.63, 3.8) is 0 Å². The minimum Gasteiger partial charge on any atom is -0.478 e. The number of carbonyl (C=O) groups is 1. The predicted molar refractivity (Wildman–Crippen MR) is 66.8 cm³/mol. The van der Waals surface area contributed by atoms with Gasteiger partial charge in [0.1, 0.15) is 11.0 Å². The van der Waals surface area contributed by atoms with Gasteiger partial charge in [-0.25, -0.2) is 9.78 Å². The summed E-state index contributed by atoms with van der Waals surface area (Å²) in [5, 5.41) is 9.18. The second-order valence-electron chi connectivity index (χ2n) is 4.01. The molecule has 1 N–H and O–H groups in total. The molecule has 1 heterocycles. The summed E-state index contributed by atoms with van der Waals surface area (Å²) < 4.78 is 0. The van der Waals surface area contributed by atoms with Crippen LogP contribution in [-0.4, -0.2) is 28.6 Å². The van der Waals surface area contributed by atoms with E-state index in [0.717, 1.165) is 12.8 Å². The van der Waals surface area contributed by atoms with Crippen LogP contribution in [-0.2, 0) is 0 Å². The fourth-order valence-corrected chi connectivity index (χ4v) is 1.91. The van der Waals surface area contributed by atoms with Crippen molar-refractivity contribution < 1.29 is 9.90 Å². The van der Waals surface area contributed by atoms with Crippen LogP contribution in [0.15, 0.2) is 24.8 Å². The van der Waals surface area contributed by atoms with Crippen molar-refractivity contribution in [2.45, 2.75) is 18.9 Å². The highest BCUT2D eigenvalue weighted by Crippen LogP contribution is 2.31. The van der Waals surface area contributed by atoms with Gasteiger partial charge in [-0.2, -0.15) is 0 Å². The molecule has 0 bridgehead atoms. The number of carboxylic acid groups (broad SMARTS) is 1. The lowest BCUT2D eigenvalue weighted by Gasteiger charge is -2.22. The zero-order valence-corrected chi connectivity index (χ0v) is 10.0. The van der Waals surface area contributed by atoms with Gasteiger partial charge in [0.2, 0.25) is 0 Å². The molecule has 1 fully saturated rings. The maximum Gasteiger partial charge on any atom is 0.335 e. The summed E-state index contributed by atoms with van der Waals surface area (Å²) in [6.07, 6.45) is 3.98. The SMILES string of the molecule is C=CCN(c1cc(C(=O)O)cc(Cl)n1)C1CC1. The van der Waals surface area contributed by atoms with Crippen LogP contribution in [0.5, 0.6) is 0 Å². The Balaban J connectivity index is 2.34. The first-order valence-electron chi connectivity index (χ1n) is 5.40. The van der Waals surface area contributed by atoms with Gasteiger partial charge in [-0.05, 0) is 25.0 Å². The number of anilines is 1. The van der Waals surface area contributed by atoms with Crippen molar-refractivity contribution in [3.8, 4) is 0 Å². The standard InChI is InChI=1S/C12H13ClN2O2/c1-2-5-15(9-3-4-9)11-7-8(12(16)17)6-10(13)14-11/h2,6-7,9H,1,3-5H2,(H,16,17). The molecule has 1 aromatic rings. The van der Waals surface area contributed by atoms with Gasteiger partial charge < -0.3 is 10.0 Å². The van der Waals surface area contributed by atoms with E-state index in [-0.39, 0.29) is 10.7 Å². The fourth-order valence-electron chi connectivity index (χ4n) is 1.71. The highest BCUT2D eigenvalue weighted by Gasteiger charge is 2.29. The van der Waals surface area contributed by atoms with Gasteiger partial charge in [-0.3, -0.25) is 0 Å². The molecule has 1 saturated carbocycles. The first-order valence-corrected chi connectivity index (χ1v) is 5.78. The molecular weight excluding hydrogens is 240 g/mol. The quantitative estimate of drug-likeness (QED) is 0.646. The van der Waals surface area contributed by atoms with E-state index in [9.17, 15) is 4.79 Å². The zero-order valence-electron chi connectivity index (χ0n) is 9.27. The van der Waals surface area contributed by atoms with Crippen LogP contribution in [0.2, 0.25) is 5.15 Å². The summed E-state index contributed by atoms with van der Waals surface area (Å²) in [5.41, 5.74) is 0.162. The Morgan fingerprint density at radius 1 is 1.65 bits per heavy atom. The van der Waals surface area contributed by atoms with Crippen LogP contribution >= 0.6 is 11.6 Å². The molecule has 17 heavy (non-hydrogen) atoms. The molecule has 0 spiro atoms. The number of pyridine rings is 1. The lowest BCUT2D eigenvalue weighted by molar-refractivity contribution is 0.0697. The Labute approximate surface area is 105 Å². The smallest absolute Gasteiger partial charge is 0.335 e. The van der Waals surface area contributed by atoms with E-state index in [2.05, 4.69) is 11.6 Å². The third-order valence-electron chi connectivity index (χ3n) is 2.64. The van der Waals surface area contributed by atoms with Crippen molar-refractivity contribution in [3.05, 3.63) is 35.5 Å². The second kappa shape index (κ2) is 4.75. The summed E-state index contributed by atoms with van der Waals surface area (Å²) in [7, 11) is 0. The summed E-state index contributed by atoms with van der Waals surface area (Å²) in [6.45, 7) is 4.35. The van der Waals surface area contributed by atoms with Crippen molar-refractivity contribution in [1.29, 1.82) is 0 Å². The summed E-state index contributed by atoms with van der Waals surface area (Å²) in [5.74, 6) is -0.387. The van der Waals surface area contributed by atoms with Crippen molar-refractivity contribution in [2.24, 2.45) is 0 Å². The van der Waals surface area contributed by atoms with Gasteiger partial charge in [0.25, 0.3) is 0 Å². The summed E-state index contributed by atoms with van der Waals surface area (Å²) >= 11 is 5.84. The molecule has 4 nitrogen and oxygen atoms in total. The van der Waals surface area contributed by atoms with Gasteiger partial charge >= 0.3 is 5.97 Å². The molecule has 0 radical (unpaired) electrons. The van der Waals surface area contributed by atoms with Gasteiger partial charge in [-0.15, -0.1) is 6.58 Å². The molecule has 2 rings (SSSR count). The van der Waals surface area contributed by atoms with Gasteiger partial charge in [0.15, 0.2) is 0 Å². The van der Waals surface area contributed by atoms with E-state index < -0.39 is 5.97 Å². The number of hydrogen-bond donors (Lipinski definition) is 1. The Morgan fingerprint density at radius 3 is 2.88 bits per heavy atom. The molecule has 1 aromatic heterocycles. The van der Waals surface area contributed by atoms with Gasteiger partial charge in [0, 0.05) is 12.6 Å². The molecular formula is C12H13ClN2O2. The van der Waals surface area contributed by atoms with E-state index in [1.54, 1.807) is 12.1 Å². The average Bonchev–Trinajstić information content (AvgIpc) is 3.08. The topological polar surface area (TPSA) is 53.4 Å². The zero-order chi connectivity index (χ0) is 12.4. The first-order chi connectivity index (χ1) is 8.11. The molecule has 0 aliphatic heterocycles. The molecule has 5 heteroatoms. The van der Waals surface area contributed by atoms with Crippen LogP contribution in [0.25, 0.3) is 0 Å². The molecule has 90 valence electrons. The fraction of sp³-hybridized carbons (Fsp3) is 0.333. The molecule has 0 atom stereocenters. The molecule has 0 unspecified atom stereocenters. The van der Waals surface area contributed by atoms with Crippen LogP contribution in [0.4, 0.5) is 5.82 Å². The number of halogens is 1. The lowest BCUT2D eigenvalue weighted by Crippen LogP contribution is -2.26. The molecule has 0 amide bonds. The van der Waals surface area contributed by atoms with Crippen LogP contribution in [0, 0.1) is 0 Å². The maximum atomic E-state index is 10.9. The predicted octanol–water partition coefficient (Wildman–Crippen LogP) is 2.59. The monoisotopic (exact) mass is 252 g/mol. The Kier molecular flexibility index (Phi) is 3.33. The number of aromatic carboxylic acids is 1. The Hall–Kier alpha value is -1.55. The normalized spacial score (nSPS) is 14.4. The highest BCUT2D eigenvalue weighted by atomic mass is 35.5. The lowest BCUT2D eigenvalue weighted by atomic mass is 10.2. The first kappa shape index (κ1) is 11.9. The summed E-state index contributed by atoms with van der Waals surface area (Å²) in [4.78, 5) is 17.2. The Bertz CT molecular complexity index is 458. The van der Waals surface area contributed by atoms with Gasteiger partial charge in [-0.1, -0.05) is 17.7 Å². The van der Waals surface area contributed by atoms with Gasteiger partial charge in [0.05, 0.1) is 5.56 Å². The molecule has 0 saturated heterocycles. The van der Waals surface area contributed by atoms with E-state index in [1.807, 2.05) is 4.90 Å². The van der Waals surface area contributed by atoms with Crippen LogP contribution in [0.3, 0.4) is 0 Å². The van der Waals surface area contributed by atoms with E-state index >= 15 is 0 Å². The number of rotatable bonds is 5. The number of nitrogens with zero attached hydrogens (tertiary/aromatic N) is 2. The second-order valence-corrected chi connectivity index (χ2v) is 4.40. The van der Waals surface area contributed by atoms with E-state index in [0.29, 0.717) is 18.4 Å². The number of aromatic nitrogens is 1. The number of hydrogen-bond acceptors (Lipinski definition) is 3. The maximum absolute atomic E-state index is 10.9. The third-order valence-corrected chi connectivity index (χ3v) is 2.83. The van der Waals surface area contributed by atoms with Crippen molar-refractivity contribution in [1.82, 2.24) is 4.98 Å².